The van der Waals surface area contributed by atoms with E-state index in [2.05, 4.69) is 46.8 Å². The molecule has 2 aliphatic rings. The average molecular weight is 375 g/mol. The van der Waals surface area contributed by atoms with Gasteiger partial charge in [-0.05, 0) is 92.0 Å². The van der Waals surface area contributed by atoms with Crippen molar-refractivity contribution >= 4 is 17.2 Å². The Balaban J connectivity index is 1.76. The third-order valence-electron chi connectivity index (χ3n) is 6.47. The summed E-state index contributed by atoms with van der Waals surface area (Å²) in [5, 5.41) is 0.808. The first-order valence-corrected chi connectivity index (χ1v) is 10.6. The molecule has 1 heterocycles. The normalized spacial score (nSPS) is 26.8. The fourth-order valence-corrected chi connectivity index (χ4v) is 4.82. The number of hydrogen-bond acceptors (Lipinski definition) is 1. The van der Waals surface area contributed by atoms with Crippen LogP contribution < -0.4 is 0 Å². The molecule has 1 aliphatic carbocycles. The van der Waals surface area contributed by atoms with Gasteiger partial charge >= 0.3 is 0 Å². The average Bonchev–Trinajstić information content (AvgIpc) is 2.57. The van der Waals surface area contributed by atoms with Crippen LogP contribution in [0.2, 0.25) is 5.02 Å². The van der Waals surface area contributed by atoms with E-state index in [1.54, 1.807) is 0 Å². The molecule has 0 bridgehead atoms. The van der Waals surface area contributed by atoms with Gasteiger partial charge in [0.2, 0.25) is 0 Å². The summed E-state index contributed by atoms with van der Waals surface area (Å²) in [6.45, 7) is 12.4. The van der Waals surface area contributed by atoms with E-state index in [-0.39, 0.29) is 5.60 Å². The molecule has 0 aromatic heterocycles. The van der Waals surface area contributed by atoms with Crippen molar-refractivity contribution < 1.29 is 4.74 Å². The maximum atomic E-state index is 6.19. The summed E-state index contributed by atoms with van der Waals surface area (Å²) in [4.78, 5) is 0. The molecule has 3 rings (SSSR count). The maximum Gasteiger partial charge on any atom is 0.0690 e. The summed E-state index contributed by atoms with van der Waals surface area (Å²) in [5.74, 6) is 1.70. The van der Waals surface area contributed by atoms with E-state index >= 15 is 0 Å². The van der Waals surface area contributed by atoms with Crippen molar-refractivity contribution in [2.75, 3.05) is 6.61 Å². The molecule has 0 unspecified atom stereocenters. The number of halogens is 1. The standard InChI is InChI=1S/C24H35ClO/c1-23(2,3)20-10-6-17(7-11-20)14-19-16-26-24(4,5)15-22(19)18-8-12-21(25)13-9-18/h8-9,12-13,17,20H,6-7,10-11,14-16H2,1-5H3. The van der Waals surface area contributed by atoms with Gasteiger partial charge in [0.1, 0.15) is 0 Å². The summed E-state index contributed by atoms with van der Waals surface area (Å²) in [6, 6.07) is 8.38. The molecule has 0 amide bonds. The third kappa shape index (κ3) is 4.93. The molecular formula is C24H35ClO. The Hall–Kier alpha value is -0.790. The zero-order valence-electron chi connectivity index (χ0n) is 17.2. The minimum Gasteiger partial charge on any atom is -0.371 e. The Kier molecular flexibility index (Phi) is 5.89. The van der Waals surface area contributed by atoms with Crippen LogP contribution in [0.4, 0.5) is 0 Å². The maximum absolute atomic E-state index is 6.19. The van der Waals surface area contributed by atoms with Crippen LogP contribution in [0, 0.1) is 17.3 Å². The van der Waals surface area contributed by atoms with Crippen LogP contribution in [0.15, 0.2) is 29.8 Å². The van der Waals surface area contributed by atoms with E-state index < -0.39 is 0 Å². The van der Waals surface area contributed by atoms with E-state index in [9.17, 15) is 0 Å². The Bertz CT molecular complexity index is 640. The van der Waals surface area contributed by atoms with Crippen LogP contribution in [0.25, 0.3) is 5.57 Å². The second-order valence-electron chi connectivity index (χ2n) is 10.1. The Morgan fingerprint density at radius 1 is 1.04 bits per heavy atom. The molecule has 1 aliphatic heterocycles. The molecular weight excluding hydrogens is 340 g/mol. The molecule has 1 nitrogen and oxygen atoms in total. The Morgan fingerprint density at radius 3 is 2.23 bits per heavy atom. The molecule has 0 saturated heterocycles. The van der Waals surface area contributed by atoms with Crippen molar-refractivity contribution in [2.45, 2.75) is 78.7 Å². The first-order valence-electron chi connectivity index (χ1n) is 10.2. The highest BCUT2D eigenvalue weighted by atomic mass is 35.5. The summed E-state index contributed by atoms with van der Waals surface area (Å²) in [7, 11) is 0. The zero-order valence-corrected chi connectivity index (χ0v) is 18.0. The SMILES string of the molecule is CC1(C)CC(c2ccc(Cl)cc2)=C(CC2CCC(C(C)(C)C)CC2)CO1. The number of benzene rings is 1. The number of hydrogen-bond donors (Lipinski definition) is 0. The second kappa shape index (κ2) is 7.68. The molecule has 26 heavy (non-hydrogen) atoms. The molecule has 1 fully saturated rings. The molecule has 0 radical (unpaired) electrons. The van der Waals surface area contributed by atoms with Crippen molar-refractivity contribution in [3.63, 3.8) is 0 Å². The summed E-state index contributed by atoms with van der Waals surface area (Å²) in [6.07, 6.45) is 7.67. The van der Waals surface area contributed by atoms with Crippen LogP contribution in [0.1, 0.15) is 78.7 Å². The molecule has 144 valence electrons. The lowest BCUT2D eigenvalue weighted by Crippen LogP contribution is -2.31. The van der Waals surface area contributed by atoms with Crippen LogP contribution in [0.3, 0.4) is 0 Å². The van der Waals surface area contributed by atoms with Gasteiger partial charge < -0.3 is 4.74 Å². The highest BCUT2D eigenvalue weighted by Crippen LogP contribution is 2.44. The zero-order chi connectivity index (χ0) is 18.9. The Morgan fingerprint density at radius 2 is 1.65 bits per heavy atom. The minimum atomic E-state index is -0.0810. The van der Waals surface area contributed by atoms with Crippen molar-refractivity contribution in [1.29, 1.82) is 0 Å². The molecule has 1 aromatic carbocycles. The lowest BCUT2D eigenvalue weighted by molar-refractivity contribution is -0.0100. The predicted octanol–water partition coefficient (Wildman–Crippen LogP) is 7.54. The Labute approximate surface area is 165 Å². The van der Waals surface area contributed by atoms with Crippen LogP contribution in [-0.2, 0) is 4.74 Å². The lowest BCUT2D eigenvalue weighted by atomic mass is 9.68. The fourth-order valence-electron chi connectivity index (χ4n) is 4.69. The molecule has 2 heteroatoms. The number of ether oxygens (including phenoxy) is 1. The fraction of sp³-hybridized carbons (Fsp3) is 0.667. The summed E-state index contributed by atoms with van der Waals surface area (Å²) in [5.41, 5.74) is 4.71. The lowest BCUT2D eigenvalue weighted by Gasteiger charge is -2.39. The minimum absolute atomic E-state index is 0.0810. The topological polar surface area (TPSA) is 9.23 Å². The highest BCUT2D eigenvalue weighted by molar-refractivity contribution is 6.30. The van der Waals surface area contributed by atoms with Crippen molar-refractivity contribution in [3.8, 4) is 0 Å². The predicted molar refractivity (Wildman–Crippen MR) is 113 cm³/mol. The van der Waals surface area contributed by atoms with Crippen LogP contribution >= 0.6 is 11.6 Å². The van der Waals surface area contributed by atoms with Gasteiger partial charge in [0.15, 0.2) is 0 Å². The van der Waals surface area contributed by atoms with Gasteiger partial charge in [0, 0.05) is 11.4 Å². The quantitative estimate of drug-likeness (QED) is 0.531. The van der Waals surface area contributed by atoms with Crippen molar-refractivity contribution in [1.82, 2.24) is 0 Å². The molecule has 0 spiro atoms. The smallest absolute Gasteiger partial charge is 0.0690 e. The van der Waals surface area contributed by atoms with E-state index in [0.29, 0.717) is 5.41 Å². The second-order valence-corrected chi connectivity index (χ2v) is 10.5. The van der Waals surface area contributed by atoms with Gasteiger partial charge in [-0.1, -0.05) is 44.5 Å². The molecule has 0 N–H and O–H groups in total. The van der Waals surface area contributed by atoms with Crippen LogP contribution in [-0.4, -0.2) is 12.2 Å². The van der Waals surface area contributed by atoms with E-state index in [1.807, 2.05) is 12.1 Å². The molecule has 1 aromatic rings. The number of rotatable bonds is 3. The molecule has 0 atom stereocenters. The van der Waals surface area contributed by atoms with Gasteiger partial charge in [-0.25, -0.2) is 0 Å². The van der Waals surface area contributed by atoms with E-state index in [1.165, 1.54) is 48.8 Å². The monoisotopic (exact) mass is 374 g/mol. The van der Waals surface area contributed by atoms with Crippen molar-refractivity contribution in [3.05, 3.63) is 40.4 Å². The van der Waals surface area contributed by atoms with Crippen molar-refractivity contribution in [2.24, 2.45) is 17.3 Å². The largest absolute Gasteiger partial charge is 0.371 e. The van der Waals surface area contributed by atoms with Gasteiger partial charge in [0.05, 0.1) is 12.2 Å². The first kappa shape index (κ1) is 20.0. The van der Waals surface area contributed by atoms with Gasteiger partial charge in [-0.2, -0.15) is 0 Å². The summed E-state index contributed by atoms with van der Waals surface area (Å²) >= 11 is 6.11. The third-order valence-corrected chi connectivity index (χ3v) is 6.72. The summed E-state index contributed by atoms with van der Waals surface area (Å²) < 4.78 is 6.19. The van der Waals surface area contributed by atoms with Gasteiger partial charge in [-0.15, -0.1) is 0 Å². The molecule has 1 saturated carbocycles. The van der Waals surface area contributed by atoms with Gasteiger partial charge in [-0.3, -0.25) is 0 Å². The highest BCUT2D eigenvalue weighted by Gasteiger charge is 2.33. The van der Waals surface area contributed by atoms with E-state index in [0.717, 1.165) is 29.9 Å². The van der Waals surface area contributed by atoms with Crippen LogP contribution in [0.5, 0.6) is 0 Å². The van der Waals surface area contributed by atoms with Gasteiger partial charge in [0.25, 0.3) is 0 Å². The van der Waals surface area contributed by atoms with E-state index in [4.69, 9.17) is 16.3 Å². The first-order chi connectivity index (χ1) is 12.1.